The number of nitrogens with one attached hydrogen (secondary N) is 1. The molecule has 0 spiro atoms. The summed E-state index contributed by atoms with van der Waals surface area (Å²) in [4.78, 5) is 40.6. The van der Waals surface area contributed by atoms with Crippen LogP contribution in [0.15, 0.2) is 79.5 Å². The van der Waals surface area contributed by atoms with E-state index >= 15 is 0 Å². The Morgan fingerprint density at radius 3 is 2.67 bits per heavy atom. The SMILES string of the molecule is Cc1nc2ccc(Br)cc2c(=O)n1N=Cc1cc(Br)c(OCC(=O)Nc2ccccc2)c([N+](=O)[O-])c1. The normalized spacial score (nSPS) is 11.1. The van der Waals surface area contributed by atoms with Gasteiger partial charge in [0.25, 0.3) is 11.5 Å². The van der Waals surface area contributed by atoms with Gasteiger partial charge in [-0.3, -0.25) is 19.7 Å². The standard InChI is InChI=1S/C24H17Br2N5O5/c1-14-28-20-8-7-16(25)11-18(20)24(33)30(14)27-12-15-9-19(26)23(21(10-15)31(34)35)36-13-22(32)29-17-5-3-2-4-6-17/h2-12H,13H2,1H3,(H,29,32). The Morgan fingerprint density at radius 2 is 1.94 bits per heavy atom. The predicted octanol–water partition coefficient (Wildman–Crippen LogP) is 5.04. The van der Waals surface area contributed by atoms with Gasteiger partial charge in [-0.05, 0) is 59.3 Å². The van der Waals surface area contributed by atoms with Crippen molar-refractivity contribution in [1.29, 1.82) is 0 Å². The zero-order valence-electron chi connectivity index (χ0n) is 18.6. The molecule has 182 valence electrons. The molecule has 0 aliphatic rings. The van der Waals surface area contributed by atoms with E-state index < -0.39 is 17.4 Å². The molecule has 10 nitrogen and oxygen atoms in total. The second-order valence-corrected chi connectivity index (χ2v) is 9.26. The Balaban J connectivity index is 1.60. The number of carbonyl (C=O) groups is 1. The summed E-state index contributed by atoms with van der Waals surface area (Å²) in [6, 6.07) is 16.7. The molecule has 1 aromatic heterocycles. The molecule has 1 heterocycles. The lowest BCUT2D eigenvalue weighted by molar-refractivity contribution is -0.385. The van der Waals surface area contributed by atoms with Crippen LogP contribution in [0.1, 0.15) is 11.4 Å². The third-order valence-electron chi connectivity index (χ3n) is 4.94. The highest BCUT2D eigenvalue weighted by molar-refractivity contribution is 9.10. The highest BCUT2D eigenvalue weighted by Crippen LogP contribution is 2.36. The molecule has 0 radical (unpaired) electrons. The molecule has 0 atom stereocenters. The zero-order chi connectivity index (χ0) is 25.8. The number of halogens is 2. The number of hydrogen-bond acceptors (Lipinski definition) is 7. The van der Waals surface area contributed by atoms with Crippen molar-refractivity contribution in [3.8, 4) is 5.75 Å². The number of rotatable bonds is 7. The molecule has 3 aromatic carbocycles. The minimum atomic E-state index is -0.626. The Hall–Kier alpha value is -3.90. The van der Waals surface area contributed by atoms with Crippen molar-refractivity contribution >= 4 is 66.3 Å². The average molecular weight is 615 g/mol. The van der Waals surface area contributed by atoms with Gasteiger partial charge >= 0.3 is 5.69 Å². The predicted molar refractivity (Wildman–Crippen MR) is 143 cm³/mol. The minimum Gasteiger partial charge on any atom is -0.476 e. The van der Waals surface area contributed by atoms with Crippen LogP contribution in [0.2, 0.25) is 0 Å². The van der Waals surface area contributed by atoms with E-state index in [9.17, 15) is 19.7 Å². The fourth-order valence-corrected chi connectivity index (χ4v) is 4.27. The van der Waals surface area contributed by atoms with Gasteiger partial charge in [0.1, 0.15) is 5.82 Å². The molecule has 0 unspecified atom stereocenters. The van der Waals surface area contributed by atoms with E-state index in [0.717, 1.165) is 9.15 Å². The van der Waals surface area contributed by atoms with Crippen molar-refractivity contribution in [3.63, 3.8) is 0 Å². The Bertz CT molecular complexity index is 1570. The summed E-state index contributed by atoms with van der Waals surface area (Å²) in [6.45, 7) is 1.20. The maximum Gasteiger partial charge on any atom is 0.312 e. The zero-order valence-corrected chi connectivity index (χ0v) is 21.8. The molecule has 12 heteroatoms. The first-order valence-electron chi connectivity index (χ1n) is 10.4. The molecule has 36 heavy (non-hydrogen) atoms. The van der Waals surface area contributed by atoms with Crippen molar-refractivity contribution < 1.29 is 14.5 Å². The Morgan fingerprint density at radius 1 is 1.19 bits per heavy atom. The van der Waals surface area contributed by atoms with Crippen LogP contribution in [-0.4, -0.2) is 33.3 Å². The summed E-state index contributed by atoms with van der Waals surface area (Å²) in [5.74, 6) is -0.228. The summed E-state index contributed by atoms with van der Waals surface area (Å²) in [7, 11) is 0. The fraction of sp³-hybridized carbons (Fsp3) is 0.0833. The van der Waals surface area contributed by atoms with Gasteiger partial charge in [-0.2, -0.15) is 9.78 Å². The van der Waals surface area contributed by atoms with Gasteiger partial charge in [0, 0.05) is 21.8 Å². The number of hydrogen-bond donors (Lipinski definition) is 1. The van der Waals surface area contributed by atoms with Gasteiger partial charge in [-0.25, -0.2) is 4.98 Å². The fourth-order valence-electron chi connectivity index (χ4n) is 3.33. The molecule has 1 amide bonds. The van der Waals surface area contributed by atoms with Crippen molar-refractivity contribution in [1.82, 2.24) is 9.66 Å². The van der Waals surface area contributed by atoms with E-state index in [1.54, 1.807) is 49.4 Å². The van der Waals surface area contributed by atoms with E-state index in [4.69, 9.17) is 4.74 Å². The summed E-state index contributed by atoms with van der Waals surface area (Å²) >= 11 is 6.61. The van der Waals surface area contributed by atoms with Crippen molar-refractivity contribution in [3.05, 3.63) is 101 Å². The van der Waals surface area contributed by atoms with Crippen LogP contribution < -0.4 is 15.6 Å². The molecule has 0 aliphatic carbocycles. The van der Waals surface area contributed by atoms with Crippen LogP contribution in [-0.2, 0) is 4.79 Å². The molecule has 1 N–H and O–H groups in total. The first kappa shape index (κ1) is 25.2. The van der Waals surface area contributed by atoms with Crippen LogP contribution in [0.4, 0.5) is 11.4 Å². The lowest BCUT2D eigenvalue weighted by Crippen LogP contribution is -2.21. The molecule has 4 rings (SSSR count). The van der Waals surface area contributed by atoms with Crippen molar-refractivity contribution in [2.45, 2.75) is 6.92 Å². The summed E-state index contributed by atoms with van der Waals surface area (Å²) in [5.41, 5.74) is 0.682. The summed E-state index contributed by atoms with van der Waals surface area (Å²) in [5, 5.41) is 18.9. The first-order valence-corrected chi connectivity index (χ1v) is 12.0. The van der Waals surface area contributed by atoms with Crippen molar-refractivity contribution in [2.75, 3.05) is 11.9 Å². The monoisotopic (exact) mass is 613 g/mol. The molecular formula is C24H17Br2N5O5. The number of ether oxygens (including phenoxy) is 1. The van der Waals surface area contributed by atoms with E-state index in [1.807, 2.05) is 6.07 Å². The van der Waals surface area contributed by atoms with Gasteiger partial charge in [0.2, 0.25) is 5.75 Å². The smallest absolute Gasteiger partial charge is 0.312 e. The maximum atomic E-state index is 12.9. The Kier molecular flexibility index (Phi) is 7.55. The molecule has 0 saturated heterocycles. The van der Waals surface area contributed by atoms with Crippen molar-refractivity contribution in [2.24, 2.45) is 5.10 Å². The topological polar surface area (TPSA) is 129 Å². The first-order chi connectivity index (χ1) is 17.2. The average Bonchev–Trinajstić information content (AvgIpc) is 2.84. The Labute approximate surface area is 221 Å². The van der Waals surface area contributed by atoms with E-state index in [-0.39, 0.29) is 21.5 Å². The molecule has 0 fully saturated rings. The number of amides is 1. The number of nitrogens with zero attached hydrogens (tertiary/aromatic N) is 4. The number of aromatic nitrogens is 2. The lowest BCUT2D eigenvalue weighted by atomic mass is 10.2. The van der Waals surface area contributed by atoms with Gasteiger partial charge in [-0.1, -0.05) is 34.1 Å². The van der Waals surface area contributed by atoms with E-state index in [1.165, 1.54) is 18.3 Å². The van der Waals surface area contributed by atoms with Crippen LogP contribution in [0, 0.1) is 17.0 Å². The highest BCUT2D eigenvalue weighted by Gasteiger charge is 2.21. The molecule has 0 aliphatic heterocycles. The number of carbonyl (C=O) groups excluding carboxylic acids is 1. The van der Waals surface area contributed by atoms with Crippen LogP contribution in [0.5, 0.6) is 5.75 Å². The van der Waals surface area contributed by atoms with E-state index in [0.29, 0.717) is 28.0 Å². The number of para-hydroxylation sites is 1. The van der Waals surface area contributed by atoms with Crippen LogP contribution in [0.3, 0.4) is 0 Å². The van der Waals surface area contributed by atoms with Crippen LogP contribution in [0.25, 0.3) is 10.9 Å². The van der Waals surface area contributed by atoms with Gasteiger partial charge in [0.05, 0.1) is 26.5 Å². The number of anilines is 1. The molecule has 0 saturated carbocycles. The van der Waals surface area contributed by atoms with E-state index in [2.05, 4.69) is 47.3 Å². The number of nitro benzene ring substituents is 1. The molecule has 0 bridgehead atoms. The second-order valence-electron chi connectivity index (χ2n) is 7.49. The third kappa shape index (κ3) is 5.66. The number of nitro groups is 1. The third-order valence-corrected chi connectivity index (χ3v) is 6.02. The van der Waals surface area contributed by atoms with Crippen LogP contribution >= 0.6 is 31.9 Å². The maximum absolute atomic E-state index is 12.9. The molecular weight excluding hydrogens is 598 g/mol. The second kappa shape index (κ2) is 10.8. The van der Waals surface area contributed by atoms with Gasteiger partial charge < -0.3 is 10.1 Å². The number of benzene rings is 3. The summed E-state index contributed by atoms with van der Waals surface area (Å²) in [6.07, 6.45) is 1.31. The van der Waals surface area contributed by atoms with Gasteiger partial charge in [-0.15, -0.1) is 0 Å². The largest absolute Gasteiger partial charge is 0.476 e. The minimum absolute atomic E-state index is 0.106. The quantitative estimate of drug-likeness (QED) is 0.176. The molecule has 4 aromatic rings. The van der Waals surface area contributed by atoms with Gasteiger partial charge in [0.15, 0.2) is 6.61 Å². The number of fused-ring (bicyclic) bond motifs is 1. The lowest BCUT2D eigenvalue weighted by Gasteiger charge is -2.10. The number of aryl methyl sites for hydroxylation is 1. The highest BCUT2D eigenvalue weighted by atomic mass is 79.9. The summed E-state index contributed by atoms with van der Waals surface area (Å²) < 4.78 is 7.55.